The van der Waals surface area contributed by atoms with Crippen LogP contribution in [0.1, 0.15) is 16.3 Å². The van der Waals surface area contributed by atoms with E-state index in [1.54, 1.807) is 55.0 Å². The first kappa shape index (κ1) is 17.0. The van der Waals surface area contributed by atoms with E-state index in [4.69, 9.17) is 20.9 Å². The van der Waals surface area contributed by atoms with Crippen LogP contribution in [0.5, 0.6) is 5.75 Å². The Bertz CT molecular complexity index is 1150. The molecule has 0 saturated carbocycles. The van der Waals surface area contributed by atoms with Crippen molar-refractivity contribution in [3.05, 3.63) is 59.3 Å². The molecule has 4 aromatic rings. The number of carbonyl (C=O) groups is 1. The highest BCUT2D eigenvalue weighted by Gasteiger charge is 2.16. The molecule has 3 aromatic heterocycles. The minimum Gasteiger partial charge on any atom is -0.497 e. The lowest BCUT2D eigenvalue weighted by Crippen LogP contribution is -2.14. The van der Waals surface area contributed by atoms with Crippen LogP contribution in [0.4, 0.5) is 5.69 Å². The van der Waals surface area contributed by atoms with Crippen LogP contribution < -0.4 is 10.1 Å². The van der Waals surface area contributed by atoms with E-state index in [9.17, 15) is 4.79 Å². The molecule has 0 spiro atoms. The standard InChI is InChI=1S/C18H14ClN5O3/c1-10-21-18(27-23-10)11-3-4-13(19)14(7-11)22-17(25)15-9-20-16-8-12(26-2)5-6-24(15)16/h3-9H,1-2H3,(H,22,25). The molecule has 136 valence electrons. The minimum atomic E-state index is -0.353. The van der Waals surface area contributed by atoms with Crippen LogP contribution in [-0.4, -0.2) is 32.5 Å². The van der Waals surface area contributed by atoms with Crippen molar-refractivity contribution in [1.82, 2.24) is 19.5 Å². The van der Waals surface area contributed by atoms with Gasteiger partial charge in [0, 0.05) is 17.8 Å². The maximum absolute atomic E-state index is 12.7. The van der Waals surface area contributed by atoms with E-state index in [-0.39, 0.29) is 5.91 Å². The number of aromatic nitrogens is 4. The van der Waals surface area contributed by atoms with E-state index in [1.807, 2.05) is 0 Å². The summed E-state index contributed by atoms with van der Waals surface area (Å²) in [5.74, 6) is 1.17. The minimum absolute atomic E-state index is 0.349. The number of aryl methyl sites for hydroxylation is 1. The van der Waals surface area contributed by atoms with Crippen molar-refractivity contribution in [2.75, 3.05) is 12.4 Å². The molecule has 0 aliphatic rings. The van der Waals surface area contributed by atoms with E-state index in [0.29, 0.717) is 45.1 Å². The number of amides is 1. The molecule has 9 heteroatoms. The molecule has 0 aliphatic carbocycles. The number of carbonyl (C=O) groups excluding carboxylic acids is 1. The molecule has 0 radical (unpaired) electrons. The van der Waals surface area contributed by atoms with Crippen LogP contribution in [0, 0.1) is 6.92 Å². The molecule has 1 amide bonds. The molecule has 0 saturated heterocycles. The molecular formula is C18H14ClN5O3. The van der Waals surface area contributed by atoms with Crippen molar-refractivity contribution in [3.63, 3.8) is 0 Å². The van der Waals surface area contributed by atoms with Crippen LogP contribution in [0.2, 0.25) is 5.02 Å². The number of hydrogen-bond acceptors (Lipinski definition) is 6. The van der Waals surface area contributed by atoms with Gasteiger partial charge < -0.3 is 14.6 Å². The smallest absolute Gasteiger partial charge is 0.274 e. The second-order valence-corrected chi connectivity index (χ2v) is 6.14. The lowest BCUT2D eigenvalue weighted by atomic mass is 10.2. The topological polar surface area (TPSA) is 94.6 Å². The fourth-order valence-electron chi connectivity index (χ4n) is 2.61. The number of anilines is 1. The van der Waals surface area contributed by atoms with Gasteiger partial charge in [0.2, 0.25) is 0 Å². The summed E-state index contributed by atoms with van der Waals surface area (Å²) < 4.78 is 12.0. The van der Waals surface area contributed by atoms with E-state index in [1.165, 1.54) is 6.20 Å². The summed E-state index contributed by atoms with van der Waals surface area (Å²) >= 11 is 6.23. The molecule has 8 nitrogen and oxygen atoms in total. The molecule has 0 bridgehead atoms. The highest BCUT2D eigenvalue weighted by Crippen LogP contribution is 2.28. The largest absolute Gasteiger partial charge is 0.497 e. The van der Waals surface area contributed by atoms with Gasteiger partial charge in [-0.15, -0.1) is 0 Å². The van der Waals surface area contributed by atoms with Gasteiger partial charge in [-0.1, -0.05) is 16.8 Å². The lowest BCUT2D eigenvalue weighted by Gasteiger charge is -2.08. The van der Waals surface area contributed by atoms with Gasteiger partial charge in [-0.25, -0.2) is 4.98 Å². The molecule has 27 heavy (non-hydrogen) atoms. The second-order valence-electron chi connectivity index (χ2n) is 5.73. The molecule has 1 N–H and O–H groups in total. The number of rotatable bonds is 4. The zero-order valence-electron chi connectivity index (χ0n) is 14.4. The number of nitrogens with zero attached hydrogens (tertiary/aromatic N) is 4. The van der Waals surface area contributed by atoms with Crippen LogP contribution in [0.3, 0.4) is 0 Å². The molecule has 0 unspecified atom stereocenters. The van der Waals surface area contributed by atoms with Gasteiger partial charge in [-0.3, -0.25) is 9.20 Å². The van der Waals surface area contributed by atoms with Crippen molar-refractivity contribution in [2.45, 2.75) is 6.92 Å². The number of nitrogens with one attached hydrogen (secondary N) is 1. The van der Waals surface area contributed by atoms with Gasteiger partial charge >= 0.3 is 0 Å². The summed E-state index contributed by atoms with van der Waals surface area (Å²) in [5, 5.41) is 6.95. The SMILES string of the molecule is COc1ccn2c(C(=O)Nc3cc(-c4nc(C)no4)ccc3Cl)cnc2c1. The Morgan fingerprint density at radius 2 is 2.15 bits per heavy atom. The fourth-order valence-corrected chi connectivity index (χ4v) is 2.78. The highest BCUT2D eigenvalue weighted by atomic mass is 35.5. The number of halogens is 1. The van der Waals surface area contributed by atoms with Crippen LogP contribution in [0.25, 0.3) is 17.1 Å². The molecular weight excluding hydrogens is 370 g/mol. The van der Waals surface area contributed by atoms with Crippen molar-refractivity contribution >= 4 is 28.8 Å². The summed E-state index contributed by atoms with van der Waals surface area (Å²) in [6, 6.07) is 8.57. The van der Waals surface area contributed by atoms with Crippen molar-refractivity contribution in [3.8, 4) is 17.2 Å². The molecule has 4 rings (SSSR count). The Hall–Kier alpha value is -3.39. The number of imidazole rings is 1. The van der Waals surface area contributed by atoms with Gasteiger partial charge in [0.05, 0.1) is 24.0 Å². The summed E-state index contributed by atoms with van der Waals surface area (Å²) in [6.07, 6.45) is 3.21. The zero-order valence-corrected chi connectivity index (χ0v) is 15.2. The lowest BCUT2D eigenvalue weighted by molar-refractivity contribution is 0.102. The summed E-state index contributed by atoms with van der Waals surface area (Å²) in [5.41, 5.74) is 2.04. The Balaban J connectivity index is 1.65. The first-order valence-corrected chi connectivity index (χ1v) is 8.35. The number of methoxy groups -OCH3 is 1. The number of fused-ring (bicyclic) bond motifs is 1. The monoisotopic (exact) mass is 383 g/mol. The summed E-state index contributed by atoms with van der Waals surface area (Å²) in [6.45, 7) is 1.73. The average Bonchev–Trinajstić information content (AvgIpc) is 3.29. The van der Waals surface area contributed by atoms with E-state index in [0.717, 1.165) is 0 Å². The number of hydrogen-bond donors (Lipinski definition) is 1. The third-order valence-electron chi connectivity index (χ3n) is 3.94. The van der Waals surface area contributed by atoms with E-state index >= 15 is 0 Å². The Morgan fingerprint density at radius 1 is 1.30 bits per heavy atom. The van der Waals surface area contributed by atoms with Gasteiger partial charge in [0.1, 0.15) is 17.1 Å². The third kappa shape index (κ3) is 3.22. The average molecular weight is 384 g/mol. The third-order valence-corrected chi connectivity index (χ3v) is 4.27. The predicted molar refractivity (Wildman–Crippen MR) is 99.2 cm³/mol. The maximum Gasteiger partial charge on any atom is 0.274 e. The number of ether oxygens (including phenoxy) is 1. The molecule has 0 fully saturated rings. The number of pyridine rings is 1. The zero-order chi connectivity index (χ0) is 19.0. The first-order chi connectivity index (χ1) is 13.0. The Morgan fingerprint density at radius 3 is 2.89 bits per heavy atom. The van der Waals surface area contributed by atoms with Gasteiger partial charge in [-0.05, 0) is 31.2 Å². The van der Waals surface area contributed by atoms with Crippen LogP contribution in [0.15, 0.2) is 47.2 Å². The van der Waals surface area contributed by atoms with E-state index in [2.05, 4.69) is 20.4 Å². The van der Waals surface area contributed by atoms with Crippen molar-refractivity contribution in [2.24, 2.45) is 0 Å². The van der Waals surface area contributed by atoms with Gasteiger partial charge in [0.25, 0.3) is 11.8 Å². The van der Waals surface area contributed by atoms with Crippen molar-refractivity contribution in [1.29, 1.82) is 0 Å². The van der Waals surface area contributed by atoms with Crippen LogP contribution in [-0.2, 0) is 0 Å². The molecule has 0 aliphatic heterocycles. The van der Waals surface area contributed by atoms with Crippen LogP contribution >= 0.6 is 11.6 Å². The molecule has 1 aromatic carbocycles. The predicted octanol–water partition coefficient (Wildman–Crippen LogP) is 3.61. The second kappa shape index (κ2) is 6.73. The van der Waals surface area contributed by atoms with Gasteiger partial charge in [0.15, 0.2) is 5.82 Å². The Labute approximate surface area is 158 Å². The van der Waals surface area contributed by atoms with Crippen molar-refractivity contribution < 1.29 is 14.1 Å². The quantitative estimate of drug-likeness (QED) is 0.578. The Kier molecular flexibility index (Phi) is 4.25. The van der Waals surface area contributed by atoms with E-state index < -0.39 is 0 Å². The molecule has 0 atom stereocenters. The highest BCUT2D eigenvalue weighted by molar-refractivity contribution is 6.34. The summed E-state index contributed by atoms with van der Waals surface area (Å²) in [7, 11) is 1.57. The summed E-state index contributed by atoms with van der Waals surface area (Å²) in [4.78, 5) is 21.1. The fraction of sp³-hybridized carbons (Fsp3) is 0.111. The first-order valence-electron chi connectivity index (χ1n) is 7.98. The molecule has 3 heterocycles. The number of benzene rings is 1. The normalized spacial score (nSPS) is 10.9. The van der Waals surface area contributed by atoms with Gasteiger partial charge in [-0.2, -0.15) is 4.98 Å². The maximum atomic E-state index is 12.7.